The van der Waals surface area contributed by atoms with Gasteiger partial charge in [-0.1, -0.05) is 67.6 Å². The number of nitrogens with zero attached hydrogens (tertiary/aromatic N) is 2. The maximum Gasteiger partial charge on any atom is 0.311 e. The lowest BCUT2D eigenvalue weighted by Gasteiger charge is -2.46. The highest BCUT2D eigenvalue weighted by atomic mass is 32.2. The second kappa shape index (κ2) is 30.4. The van der Waals surface area contributed by atoms with Gasteiger partial charge in [0.1, 0.15) is 38.1 Å². The Morgan fingerprint density at radius 2 is 0.906 bits per heavy atom. The topological polar surface area (TPSA) is 213 Å². The Hall–Kier alpha value is -7.00. The average molecular weight is 1210 g/mol. The number of benzene rings is 6. The van der Waals surface area contributed by atoms with Crippen LogP contribution in [0.25, 0.3) is 0 Å². The van der Waals surface area contributed by atoms with E-state index in [0.29, 0.717) is 79.5 Å². The Labute approximate surface area is 503 Å². The predicted molar refractivity (Wildman–Crippen MR) is 323 cm³/mol. The number of carbonyl (C=O) groups excluding carboxylic acids is 2. The van der Waals surface area contributed by atoms with Crippen molar-refractivity contribution in [2.24, 2.45) is 5.92 Å². The molecule has 2 aliphatic heterocycles. The van der Waals surface area contributed by atoms with E-state index in [1.165, 1.54) is 87.5 Å². The van der Waals surface area contributed by atoms with Crippen LogP contribution in [0, 0.1) is 26.7 Å². The van der Waals surface area contributed by atoms with Crippen molar-refractivity contribution in [1.82, 2.24) is 0 Å². The molecule has 0 saturated heterocycles. The average Bonchev–Trinajstić information content (AvgIpc) is 1.45. The summed E-state index contributed by atoms with van der Waals surface area (Å²) in [7, 11) is 4.36. The molecule has 0 radical (unpaired) electrons. The molecule has 0 fully saturated rings. The van der Waals surface area contributed by atoms with Crippen LogP contribution in [0.2, 0.25) is 0 Å². The molecule has 0 aliphatic carbocycles. The fourth-order valence-corrected chi connectivity index (χ4v) is 12.2. The highest BCUT2D eigenvalue weighted by Gasteiger charge is 2.42. The van der Waals surface area contributed by atoms with Crippen molar-refractivity contribution >= 4 is 32.2 Å². The highest BCUT2D eigenvalue weighted by Crippen LogP contribution is 2.44. The van der Waals surface area contributed by atoms with E-state index in [1.54, 1.807) is 47.7 Å². The molecule has 8 rings (SSSR count). The zero-order valence-electron chi connectivity index (χ0n) is 51.0. The number of methoxy groups -OCH3 is 5. The first-order valence-electron chi connectivity index (χ1n) is 28.6. The molecular weight excluding hydrogens is 1120 g/mol. The quantitative estimate of drug-likeness (QED) is 0.0332. The number of aryl methyl sites for hydroxylation is 3. The molecule has 0 N–H and O–H groups in total. The van der Waals surface area contributed by atoms with Crippen LogP contribution in [0.15, 0.2) is 131 Å². The first-order chi connectivity index (χ1) is 40.3. The monoisotopic (exact) mass is 1210 g/mol. The zero-order valence-corrected chi connectivity index (χ0v) is 52.6. The first-order valence-corrected chi connectivity index (χ1v) is 31.4. The molecule has 460 valence electrons. The second-order valence-corrected chi connectivity index (χ2v) is 25.2. The van der Waals surface area contributed by atoms with Gasteiger partial charge in [-0.25, -0.2) is 16.8 Å². The summed E-state index contributed by atoms with van der Waals surface area (Å²) in [6, 6.07) is 36.1. The largest absolute Gasteiger partial charge is 0.744 e. The van der Waals surface area contributed by atoms with Crippen LogP contribution in [0.5, 0.6) is 28.7 Å². The van der Waals surface area contributed by atoms with Crippen LogP contribution < -0.4 is 23.7 Å². The van der Waals surface area contributed by atoms with Crippen molar-refractivity contribution < 1.29 is 77.7 Å². The smallest absolute Gasteiger partial charge is 0.311 e. The number of quaternary nitrogens is 2. The summed E-state index contributed by atoms with van der Waals surface area (Å²) in [4.78, 5) is 26.1. The van der Waals surface area contributed by atoms with Crippen LogP contribution in [-0.4, -0.2) is 136 Å². The van der Waals surface area contributed by atoms with E-state index in [9.17, 15) is 35.5 Å². The first kappa shape index (κ1) is 67.1. The molecule has 0 spiro atoms. The molecule has 0 saturated carbocycles. The maximum absolute atomic E-state index is 13.3. The summed E-state index contributed by atoms with van der Waals surface area (Å²) in [5.41, 5.74) is 11.3. The van der Waals surface area contributed by atoms with E-state index in [1.807, 2.05) is 12.1 Å². The Bertz CT molecular complexity index is 3370. The lowest BCUT2D eigenvalue weighted by Crippen LogP contribution is -2.53. The van der Waals surface area contributed by atoms with Crippen LogP contribution in [0.1, 0.15) is 94.8 Å². The summed E-state index contributed by atoms with van der Waals surface area (Å²) in [5.74, 6) is 3.54. The van der Waals surface area contributed by atoms with Gasteiger partial charge in [-0.3, -0.25) is 9.59 Å². The fourth-order valence-electron chi connectivity index (χ4n) is 11.2. The second-order valence-electron chi connectivity index (χ2n) is 22.5. The Morgan fingerprint density at radius 3 is 1.35 bits per heavy atom. The fraction of sp³-hybridized carbons (Fsp3) is 0.424. The normalized spacial score (nSPS) is 18.3. The number of hydrogen-bond donors (Lipinski definition) is 0. The van der Waals surface area contributed by atoms with Crippen LogP contribution >= 0.6 is 0 Å². The third-order valence-electron chi connectivity index (χ3n) is 16.7. The van der Waals surface area contributed by atoms with Crippen LogP contribution in [0.3, 0.4) is 0 Å². The van der Waals surface area contributed by atoms with Gasteiger partial charge in [0.05, 0.1) is 112 Å². The highest BCUT2D eigenvalue weighted by molar-refractivity contribution is 7.86. The molecule has 19 heteroatoms. The van der Waals surface area contributed by atoms with E-state index in [-0.39, 0.29) is 39.7 Å². The molecule has 6 aromatic rings. The lowest BCUT2D eigenvalue weighted by atomic mass is 9.84. The lowest BCUT2D eigenvalue weighted by molar-refractivity contribution is -0.940. The van der Waals surface area contributed by atoms with Gasteiger partial charge in [0.15, 0.2) is 23.0 Å². The predicted octanol–water partition coefficient (Wildman–Crippen LogP) is 10.4. The van der Waals surface area contributed by atoms with E-state index in [0.717, 1.165) is 60.1 Å². The van der Waals surface area contributed by atoms with Gasteiger partial charge < -0.3 is 51.2 Å². The Kier molecular flexibility index (Phi) is 24.0. The Balaban J connectivity index is 0.000000484. The van der Waals surface area contributed by atoms with Gasteiger partial charge >= 0.3 is 11.9 Å². The maximum atomic E-state index is 13.3. The van der Waals surface area contributed by atoms with Crippen LogP contribution in [0.4, 0.5) is 0 Å². The van der Waals surface area contributed by atoms with Gasteiger partial charge in [0.2, 0.25) is 0 Å². The molecule has 2 heterocycles. The van der Waals surface area contributed by atoms with Gasteiger partial charge in [-0.2, -0.15) is 0 Å². The number of carbonyl (C=O) groups is 2. The number of ether oxygens (including phenoxy) is 7. The molecular formula is C66H84N2O15S2. The van der Waals surface area contributed by atoms with E-state index in [2.05, 4.69) is 90.3 Å². The minimum absolute atomic E-state index is 0.0479. The standard InChI is InChI=1S/C54H74N2O9.2C6H6O3S/c1-36(20-26-64-53(57)18-24-55(5)22-16-42-28-38(3)39(4)29-44(42)46(55)30-40-13-12-37(2)49(32-40)60-8)21-27-65-54(58)19-25-56(6)23-17-43-34-51(62-10)52(63-11)35-45(43)47(56)31-41-14-15-48(59-7)50(33-41)61-9;2*7-10(8,9)6-4-2-1-3-5-6/h12-15,28-29,32-36,46-47H,16-27,30-31H2,1-11H3;2*1-5H,(H,7,8,9)/q+2;;/p-2/t36?,46-,47-,55-,56-;;/m1../s1. The van der Waals surface area contributed by atoms with Gasteiger partial charge in [0.25, 0.3) is 0 Å². The molecule has 6 aromatic carbocycles. The SMILES string of the molecule is COc1cc(C[C@@H]2c3cc(C)c(C)cc3CC[N@+]2(C)CCC(=O)OCCC(C)CCOC(=O)CC[N@@+]2(C)CCc3cc(OC)c(OC)cc3[C@H]2Cc2ccc(OC)c(OC)c2)ccc1C.O=S(=O)([O-])c1ccccc1.O=S(=O)([O-])c1ccccc1. The molecule has 5 atom stereocenters. The number of likely N-dealkylation sites (N-methyl/N-ethyl adjacent to an activating group) is 2. The Morgan fingerprint density at radius 1 is 0.506 bits per heavy atom. The van der Waals surface area contributed by atoms with Gasteiger partial charge in [-0.15, -0.1) is 0 Å². The van der Waals surface area contributed by atoms with Crippen molar-refractivity contribution in [3.8, 4) is 28.7 Å². The van der Waals surface area contributed by atoms with E-state index in [4.69, 9.17) is 33.2 Å². The third-order valence-corrected chi connectivity index (χ3v) is 18.3. The number of esters is 2. The summed E-state index contributed by atoms with van der Waals surface area (Å²) < 4.78 is 103. The minimum Gasteiger partial charge on any atom is -0.744 e. The van der Waals surface area contributed by atoms with Crippen molar-refractivity contribution in [2.75, 3.05) is 89.0 Å². The summed E-state index contributed by atoms with van der Waals surface area (Å²) >= 11 is 0. The molecule has 0 aromatic heterocycles. The van der Waals surface area contributed by atoms with Crippen molar-refractivity contribution in [3.63, 3.8) is 0 Å². The van der Waals surface area contributed by atoms with Crippen molar-refractivity contribution in [3.05, 3.63) is 171 Å². The van der Waals surface area contributed by atoms with E-state index >= 15 is 0 Å². The number of hydrogen-bond acceptors (Lipinski definition) is 15. The molecule has 0 bridgehead atoms. The number of rotatable bonds is 23. The van der Waals surface area contributed by atoms with Crippen LogP contribution in [-0.2, 0) is 65.0 Å². The third kappa shape index (κ3) is 18.5. The molecule has 0 amide bonds. The minimum atomic E-state index is -4.25. The van der Waals surface area contributed by atoms with Crippen molar-refractivity contribution in [2.45, 2.75) is 101 Å². The van der Waals surface area contributed by atoms with Gasteiger partial charge in [-0.05, 0) is 139 Å². The molecule has 2 aliphatic rings. The summed E-state index contributed by atoms with van der Waals surface area (Å²) in [6.45, 7) is 12.4. The zero-order chi connectivity index (χ0) is 62.1. The molecule has 1 unspecified atom stereocenters. The summed E-state index contributed by atoms with van der Waals surface area (Å²) in [6.07, 6.45) is 5.49. The van der Waals surface area contributed by atoms with Gasteiger partial charge in [0, 0.05) is 36.8 Å². The number of fused-ring (bicyclic) bond motifs is 2. The molecule has 17 nitrogen and oxygen atoms in total. The van der Waals surface area contributed by atoms with E-state index < -0.39 is 20.2 Å². The molecule has 85 heavy (non-hydrogen) atoms. The van der Waals surface area contributed by atoms with Crippen molar-refractivity contribution in [1.29, 1.82) is 0 Å². The summed E-state index contributed by atoms with van der Waals surface area (Å²) in [5, 5.41) is 0.